The van der Waals surface area contributed by atoms with Crippen molar-refractivity contribution in [2.45, 2.75) is 49.4 Å². The Labute approximate surface area is 233 Å². The Kier molecular flexibility index (Phi) is 8.49. The first kappa shape index (κ1) is 28.7. The number of rotatable bonds is 6. The van der Waals surface area contributed by atoms with Gasteiger partial charge in [0.25, 0.3) is 0 Å². The summed E-state index contributed by atoms with van der Waals surface area (Å²) in [5, 5.41) is 2.45. The van der Waals surface area contributed by atoms with Crippen LogP contribution in [0.2, 0.25) is 0 Å². The van der Waals surface area contributed by atoms with Crippen LogP contribution in [0, 0.1) is 12.4 Å². The first-order chi connectivity index (χ1) is 19.0. The maximum Gasteiger partial charge on any atom is 0.410 e. The third-order valence-corrected chi connectivity index (χ3v) is 8.51. The van der Waals surface area contributed by atoms with Gasteiger partial charge in [0.05, 0.1) is 16.7 Å². The average Bonchev–Trinajstić information content (AvgIpc) is 2.93. The molecule has 4 rings (SSSR count). The van der Waals surface area contributed by atoms with E-state index in [1.165, 1.54) is 6.07 Å². The molecule has 208 valence electrons. The molecule has 0 unspecified atom stereocenters. The minimum atomic E-state index is -3.57. The molecule has 11 heteroatoms. The number of ether oxygens (including phenoxy) is 1. The van der Waals surface area contributed by atoms with Crippen LogP contribution in [-0.4, -0.2) is 53.3 Å². The topological polar surface area (TPSA) is 106 Å². The normalized spacial score (nSPS) is 14.6. The van der Waals surface area contributed by atoms with E-state index >= 15 is 0 Å². The summed E-state index contributed by atoms with van der Waals surface area (Å²) < 4.78 is 46.0. The fourth-order valence-corrected chi connectivity index (χ4v) is 5.88. The summed E-state index contributed by atoms with van der Waals surface area (Å²) in [7, 11) is -3.57. The van der Waals surface area contributed by atoms with Gasteiger partial charge in [-0.1, -0.05) is 30.4 Å². The molecule has 0 radical (unpaired) electrons. The number of anilines is 2. The van der Waals surface area contributed by atoms with E-state index in [0.29, 0.717) is 48.7 Å². The standard InChI is InChI=1S/C29H30FN5O4S/c1-29(2,3)39-28(36)35-16-14-24(15-17-35)40(37,38)23-12-10-22(11-13-23)34-27-32-18-20(19-33-27)8-9-21-6-5-7-25(31-4)26(21)30/h5-13,18-19,24H,14-17H2,1-3H3,(H,32,33,34). The summed E-state index contributed by atoms with van der Waals surface area (Å²) in [4.78, 5) is 25.7. The summed E-state index contributed by atoms with van der Waals surface area (Å²) in [5.74, 6) is -0.270. The second-order valence-electron chi connectivity index (χ2n) is 10.3. The van der Waals surface area contributed by atoms with Crippen molar-refractivity contribution in [3.05, 3.63) is 83.2 Å². The van der Waals surface area contributed by atoms with E-state index in [9.17, 15) is 17.6 Å². The van der Waals surface area contributed by atoms with Gasteiger partial charge in [-0.15, -0.1) is 0 Å². The molecular weight excluding hydrogens is 533 g/mol. The maximum absolute atomic E-state index is 14.2. The number of hydrogen-bond donors (Lipinski definition) is 1. The van der Waals surface area contributed by atoms with Crippen molar-refractivity contribution in [2.24, 2.45) is 0 Å². The lowest BCUT2D eigenvalue weighted by molar-refractivity contribution is 0.0217. The lowest BCUT2D eigenvalue weighted by Crippen LogP contribution is -2.44. The van der Waals surface area contributed by atoms with Crippen LogP contribution in [0.25, 0.3) is 17.0 Å². The fourth-order valence-electron chi connectivity index (χ4n) is 4.15. The number of halogens is 1. The van der Waals surface area contributed by atoms with Gasteiger partial charge in [-0.3, -0.25) is 0 Å². The summed E-state index contributed by atoms with van der Waals surface area (Å²) >= 11 is 0. The molecule has 1 aliphatic heterocycles. The minimum Gasteiger partial charge on any atom is -0.444 e. The third-order valence-electron chi connectivity index (χ3n) is 6.23. The fraction of sp³-hybridized carbons (Fsp3) is 0.310. The molecule has 1 amide bonds. The molecule has 1 aromatic heterocycles. The van der Waals surface area contributed by atoms with Gasteiger partial charge in [-0.25, -0.2) is 32.4 Å². The Balaban J connectivity index is 1.35. The van der Waals surface area contributed by atoms with E-state index in [1.54, 1.807) is 86.6 Å². The van der Waals surface area contributed by atoms with Crippen molar-refractivity contribution >= 4 is 45.4 Å². The summed E-state index contributed by atoms with van der Waals surface area (Å²) in [6, 6.07) is 11.0. The zero-order valence-corrected chi connectivity index (χ0v) is 23.3. The highest BCUT2D eigenvalue weighted by atomic mass is 32.2. The molecule has 1 N–H and O–H groups in total. The largest absolute Gasteiger partial charge is 0.444 e. The lowest BCUT2D eigenvalue weighted by Gasteiger charge is -2.33. The molecule has 0 saturated carbocycles. The van der Waals surface area contributed by atoms with Crippen molar-refractivity contribution in [1.82, 2.24) is 14.9 Å². The Morgan fingerprint density at radius 1 is 1.10 bits per heavy atom. The first-order valence-electron chi connectivity index (χ1n) is 12.7. The number of carbonyl (C=O) groups is 1. The minimum absolute atomic E-state index is 0.0413. The maximum atomic E-state index is 14.2. The van der Waals surface area contributed by atoms with Crippen LogP contribution in [0.4, 0.5) is 26.5 Å². The Bertz CT molecular complexity index is 1540. The first-order valence-corrected chi connectivity index (χ1v) is 14.3. The zero-order valence-electron chi connectivity index (χ0n) is 22.5. The predicted molar refractivity (Wildman–Crippen MR) is 151 cm³/mol. The third kappa shape index (κ3) is 7.01. The Morgan fingerprint density at radius 2 is 1.75 bits per heavy atom. The molecule has 9 nitrogen and oxygen atoms in total. The van der Waals surface area contributed by atoms with Crippen LogP contribution in [0.1, 0.15) is 44.7 Å². The van der Waals surface area contributed by atoms with Crippen molar-refractivity contribution in [1.29, 1.82) is 0 Å². The van der Waals surface area contributed by atoms with Gasteiger partial charge in [-0.05, 0) is 63.4 Å². The highest BCUT2D eigenvalue weighted by molar-refractivity contribution is 7.92. The molecule has 1 aliphatic rings. The molecule has 0 bridgehead atoms. The molecule has 40 heavy (non-hydrogen) atoms. The van der Waals surface area contributed by atoms with Crippen LogP contribution in [0.5, 0.6) is 0 Å². The summed E-state index contributed by atoms with van der Waals surface area (Å²) in [5.41, 5.74) is 0.894. The SMILES string of the molecule is [C-]#[N+]c1cccc(C=Cc2cnc(Nc3ccc(S(=O)(=O)C4CCN(C(=O)OC(C)(C)C)CC4)cc3)nc2)c1F. The number of sulfone groups is 1. The Morgan fingerprint density at radius 3 is 2.35 bits per heavy atom. The predicted octanol–water partition coefficient (Wildman–Crippen LogP) is 6.25. The van der Waals surface area contributed by atoms with Gasteiger partial charge in [0.1, 0.15) is 11.4 Å². The summed E-state index contributed by atoms with van der Waals surface area (Å²) in [6.07, 6.45) is 6.58. The quantitative estimate of drug-likeness (QED) is 0.353. The second-order valence-corrected chi connectivity index (χ2v) is 12.6. The van der Waals surface area contributed by atoms with Crippen molar-refractivity contribution < 1.29 is 22.3 Å². The Hall–Kier alpha value is -4.30. The van der Waals surface area contributed by atoms with Crippen molar-refractivity contribution in [2.75, 3.05) is 18.4 Å². The summed E-state index contributed by atoms with van der Waals surface area (Å²) in [6.45, 7) is 13.0. The number of benzene rings is 2. The van der Waals surface area contributed by atoms with E-state index in [1.807, 2.05) is 0 Å². The molecular formula is C29H30FN5O4S. The monoisotopic (exact) mass is 563 g/mol. The highest BCUT2D eigenvalue weighted by Crippen LogP contribution is 2.27. The lowest BCUT2D eigenvalue weighted by atomic mass is 10.1. The number of nitrogens with one attached hydrogen (secondary N) is 1. The highest BCUT2D eigenvalue weighted by Gasteiger charge is 2.34. The number of likely N-dealkylation sites (tertiary alicyclic amines) is 1. The van der Waals surface area contributed by atoms with Gasteiger partial charge in [0.2, 0.25) is 11.6 Å². The number of hydrogen-bond acceptors (Lipinski definition) is 7. The van der Waals surface area contributed by atoms with E-state index in [0.717, 1.165) is 0 Å². The van der Waals surface area contributed by atoms with Gasteiger partial charge < -0.3 is 15.0 Å². The van der Waals surface area contributed by atoms with Crippen LogP contribution in [0.15, 0.2) is 59.8 Å². The zero-order chi connectivity index (χ0) is 28.9. The molecule has 0 aliphatic carbocycles. The second kappa shape index (κ2) is 11.8. The van der Waals surface area contributed by atoms with Crippen LogP contribution in [-0.2, 0) is 14.6 Å². The number of amides is 1. The van der Waals surface area contributed by atoms with Crippen molar-refractivity contribution in [3.63, 3.8) is 0 Å². The molecule has 2 aromatic carbocycles. The molecule has 1 fully saturated rings. The molecule has 1 saturated heterocycles. The van der Waals surface area contributed by atoms with Crippen LogP contribution < -0.4 is 5.32 Å². The van der Waals surface area contributed by atoms with Gasteiger partial charge in [-0.2, -0.15) is 0 Å². The number of carbonyl (C=O) groups excluding carboxylic acids is 1. The number of piperidine rings is 1. The van der Waals surface area contributed by atoms with E-state index in [4.69, 9.17) is 11.3 Å². The van der Waals surface area contributed by atoms with Crippen LogP contribution in [0.3, 0.4) is 0 Å². The molecule has 0 spiro atoms. The average molecular weight is 564 g/mol. The van der Waals surface area contributed by atoms with Gasteiger partial charge in [0.15, 0.2) is 9.84 Å². The van der Waals surface area contributed by atoms with E-state index in [2.05, 4.69) is 20.1 Å². The van der Waals surface area contributed by atoms with Gasteiger partial charge >= 0.3 is 6.09 Å². The van der Waals surface area contributed by atoms with E-state index in [-0.39, 0.29) is 10.6 Å². The molecule has 3 aromatic rings. The number of nitrogens with zero attached hydrogens (tertiary/aromatic N) is 4. The molecule has 2 heterocycles. The van der Waals surface area contributed by atoms with Crippen LogP contribution >= 0.6 is 0 Å². The molecule has 0 atom stereocenters. The van der Waals surface area contributed by atoms with Crippen molar-refractivity contribution in [3.8, 4) is 0 Å². The van der Waals surface area contributed by atoms with Gasteiger partial charge in [0, 0.05) is 36.7 Å². The number of aromatic nitrogens is 2. The van der Waals surface area contributed by atoms with E-state index < -0.39 is 32.6 Å². The smallest absolute Gasteiger partial charge is 0.410 e.